The number of ether oxygens (including phenoxy) is 1. The maximum absolute atomic E-state index is 6.09. The second-order valence-electron chi connectivity index (χ2n) is 5.73. The summed E-state index contributed by atoms with van der Waals surface area (Å²) in [5, 5.41) is 4.44. The molecule has 0 spiro atoms. The van der Waals surface area contributed by atoms with E-state index in [1.807, 2.05) is 17.7 Å². The van der Waals surface area contributed by atoms with Crippen LogP contribution in [-0.4, -0.2) is 9.78 Å². The average Bonchev–Trinajstić information content (AvgIpc) is 2.98. The Balaban J connectivity index is 1.95. The van der Waals surface area contributed by atoms with Gasteiger partial charge in [0.25, 0.3) is 0 Å². The van der Waals surface area contributed by atoms with Crippen molar-refractivity contribution in [2.24, 2.45) is 0 Å². The van der Waals surface area contributed by atoms with Crippen molar-refractivity contribution in [1.29, 1.82) is 0 Å². The van der Waals surface area contributed by atoms with E-state index in [2.05, 4.69) is 31.1 Å². The van der Waals surface area contributed by atoms with Crippen molar-refractivity contribution in [2.45, 2.75) is 46.1 Å². The fourth-order valence-electron chi connectivity index (χ4n) is 2.71. The van der Waals surface area contributed by atoms with Crippen molar-refractivity contribution < 1.29 is 4.74 Å². The van der Waals surface area contributed by atoms with Gasteiger partial charge in [-0.25, -0.2) is 4.68 Å². The number of nitrogens with zero attached hydrogens (tertiary/aromatic N) is 2. The molecule has 0 aliphatic heterocycles. The number of anilines is 1. The number of aromatic nitrogens is 2. The quantitative estimate of drug-likeness (QED) is 0.927. The summed E-state index contributed by atoms with van der Waals surface area (Å²) in [5.74, 6) is 1.49. The fraction of sp³-hybridized carbons (Fsp3) is 0.438. The topological polar surface area (TPSA) is 53.1 Å². The summed E-state index contributed by atoms with van der Waals surface area (Å²) >= 11 is 0. The van der Waals surface area contributed by atoms with E-state index < -0.39 is 0 Å². The standard InChI is InChI=1S/C16H21N3O/c1-10(2)19-16(15(17)11(3)18-19)20-14-8-7-12-5-4-6-13(12)9-14/h7-10H,4-6,17H2,1-3H3. The molecule has 0 bridgehead atoms. The van der Waals surface area contributed by atoms with Crippen molar-refractivity contribution in [3.8, 4) is 11.6 Å². The van der Waals surface area contributed by atoms with Gasteiger partial charge in [0.15, 0.2) is 0 Å². The van der Waals surface area contributed by atoms with Crippen LogP contribution in [-0.2, 0) is 12.8 Å². The lowest BCUT2D eigenvalue weighted by Gasteiger charge is -2.13. The summed E-state index contributed by atoms with van der Waals surface area (Å²) in [6.45, 7) is 6.05. The number of aryl methyl sites for hydroxylation is 3. The Morgan fingerprint density at radius 1 is 1.25 bits per heavy atom. The molecule has 2 aromatic rings. The average molecular weight is 271 g/mol. The Hall–Kier alpha value is -1.97. The summed E-state index contributed by atoms with van der Waals surface area (Å²) in [6.07, 6.45) is 3.56. The monoisotopic (exact) mass is 271 g/mol. The summed E-state index contributed by atoms with van der Waals surface area (Å²) in [5.41, 5.74) is 10.4. The third kappa shape index (κ3) is 2.15. The third-order valence-corrected chi connectivity index (χ3v) is 3.86. The molecule has 20 heavy (non-hydrogen) atoms. The summed E-state index contributed by atoms with van der Waals surface area (Å²) in [4.78, 5) is 0. The predicted molar refractivity (Wildman–Crippen MR) is 80.3 cm³/mol. The van der Waals surface area contributed by atoms with Crippen LogP contribution in [0.1, 0.15) is 43.1 Å². The number of hydrogen-bond donors (Lipinski definition) is 1. The van der Waals surface area contributed by atoms with E-state index in [1.54, 1.807) is 0 Å². The summed E-state index contributed by atoms with van der Waals surface area (Å²) in [7, 11) is 0. The molecular weight excluding hydrogens is 250 g/mol. The first-order valence-electron chi connectivity index (χ1n) is 7.20. The van der Waals surface area contributed by atoms with Crippen LogP contribution < -0.4 is 10.5 Å². The smallest absolute Gasteiger partial charge is 0.241 e. The van der Waals surface area contributed by atoms with Gasteiger partial charge in [-0.05, 0) is 63.3 Å². The normalized spacial score (nSPS) is 13.8. The molecule has 0 amide bonds. The Bertz CT molecular complexity index is 643. The van der Waals surface area contributed by atoms with Gasteiger partial charge in [0, 0.05) is 0 Å². The van der Waals surface area contributed by atoms with Crippen molar-refractivity contribution in [3.05, 3.63) is 35.0 Å². The molecule has 4 heteroatoms. The third-order valence-electron chi connectivity index (χ3n) is 3.86. The molecule has 0 atom stereocenters. The second-order valence-corrected chi connectivity index (χ2v) is 5.73. The van der Waals surface area contributed by atoms with Crippen molar-refractivity contribution >= 4 is 5.69 Å². The van der Waals surface area contributed by atoms with Crippen LogP contribution in [0, 0.1) is 6.92 Å². The van der Waals surface area contributed by atoms with Gasteiger partial charge in [0.2, 0.25) is 5.88 Å². The number of fused-ring (bicyclic) bond motifs is 1. The van der Waals surface area contributed by atoms with Crippen molar-refractivity contribution in [3.63, 3.8) is 0 Å². The van der Waals surface area contributed by atoms with Gasteiger partial charge in [0.05, 0.1) is 11.7 Å². The molecular formula is C16H21N3O. The molecule has 4 nitrogen and oxygen atoms in total. The zero-order valence-corrected chi connectivity index (χ0v) is 12.3. The molecule has 1 aliphatic rings. The van der Waals surface area contributed by atoms with Crippen LogP contribution >= 0.6 is 0 Å². The van der Waals surface area contributed by atoms with Crippen LogP contribution in [0.2, 0.25) is 0 Å². The van der Waals surface area contributed by atoms with E-state index in [9.17, 15) is 0 Å². The predicted octanol–water partition coefficient (Wildman–Crippen LogP) is 3.64. The fourth-order valence-corrected chi connectivity index (χ4v) is 2.71. The molecule has 3 rings (SSSR count). The summed E-state index contributed by atoms with van der Waals surface area (Å²) < 4.78 is 7.87. The molecule has 1 aliphatic carbocycles. The lowest BCUT2D eigenvalue weighted by molar-refractivity contribution is 0.389. The van der Waals surface area contributed by atoms with Crippen LogP contribution in [0.4, 0.5) is 5.69 Å². The van der Waals surface area contributed by atoms with Crippen molar-refractivity contribution in [1.82, 2.24) is 9.78 Å². The lowest BCUT2D eigenvalue weighted by Crippen LogP contribution is -2.05. The minimum Gasteiger partial charge on any atom is -0.437 e. The Labute approximate surface area is 119 Å². The molecule has 0 radical (unpaired) electrons. The molecule has 106 valence electrons. The molecule has 2 N–H and O–H groups in total. The highest BCUT2D eigenvalue weighted by Crippen LogP contribution is 2.34. The Kier molecular flexibility index (Phi) is 3.16. The van der Waals surface area contributed by atoms with Gasteiger partial charge < -0.3 is 10.5 Å². The maximum Gasteiger partial charge on any atom is 0.241 e. The maximum atomic E-state index is 6.09. The van der Waals surface area contributed by atoms with E-state index in [0.717, 1.165) is 17.9 Å². The highest BCUT2D eigenvalue weighted by atomic mass is 16.5. The molecule has 0 saturated heterocycles. The van der Waals surface area contributed by atoms with E-state index in [0.29, 0.717) is 11.6 Å². The number of hydrogen-bond acceptors (Lipinski definition) is 3. The minimum absolute atomic E-state index is 0.218. The minimum atomic E-state index is 0.218. The summed E-state index contributed by atoms with van der Waals surface area (Å²) in [6, 6.07) is 6.54. The molecule has 1 heterocycles. The molecule has 0 fully saturated rings. The van der Waals surface area contributed by atoms with E-state index in [-0.39, 0.29) is 6.04 Å². The molecule has 1 aromatic carbocycles. The van der Waals surface area contributed by atoms with Crippen LogP contribution in [0.15, 0.2) is 18.2 Å². The van der Waals surface area contributed by atoms with E-state index >= 15 is 0 Å². The Morgan fingerprint density at radius 2 is 2.00 bits per heavy atom. The van der Waals surface area contributed by atoms with Gasteiger partial charge in [-0.1, -0.05) is 6.07 Å². The number of benzene rings is 1. The first-order chi connectivity index (χ1) is 9.56. The molecule has 0 saturated carbocycles. The van der Waals surface area contributed by atoms with Crippen LogP contribution in [0.3, 0.4) is 0 Å². The highest BCUT2D eigenvalue weighted by molar-refractivity contribution is 5.54. The first kappa shape index (κ1) is 13.0. The van der Waals surface area contributed by atoms with Gasteiger partial charge in [-0.2, -0.15) is 5.10 Å². The highest BCUT2D eigenvalue weighted by Gasteiger charge is 2.18. The van der Waals surface area contributed by atoms with Gasteiger partial charge in [-0.15, -0.1) is 0 Å². The van der Waals surface area contributed by atoms with E-state index in [1.165, 1.54) is 24.0 Å². The second kappa shape index (κ2) is 4.85. The SMILES string of the molecule is Cc1nn(C(C)C)c(Oc2ccc3c(c2)CCC3)c1N. The number of rotatable bonds is 3. The van der Waals surface area contributed by atoms with Crippen molar-refractivity contribution in [2.75, 3.05) is 5.73 Å². The Morgan fingerprint density at radius 3 is 2.75 bits per heavy atom. The van der Waals surface area contributed by atoms with Gasteiger partial charge in [-0.3, -0.25) is 0 Å². The zero-order chi connectivity index (χ0) is 14.3. The number of nitrogens with two attached hydrogens (primary N) is 1. The van der Waals surface area contributed by atoms with E-state index in [4.69, 9.17) is 10.5 Å². The van der Waals surface area contributed by atoms with Crippen LogP contribution in [0.25, 0.3) is 0 Å². The largest absolute Gasteiger partial charge is 0.437 e. The number of nitrogen functional groups attached to an aromatic ring is 1. The zero-order valence-electron chi connectivity index (χ0n) is 12.3. The van der Waals surface area contributed by atoms with Crippen LogP contribution in [0.5, 0.6) is 11.6 Å². The molecule has 0 unspecified atom stereocenters. The van der Waals surface area contributed by atoms with Gasteiger partial charge in [0.1, 0.15) is 11.4 Å². The molecule has 1 aromatic heterocycles. The van der Waals surface area contributed by atoms with Gasteiger partial charge >= 0.3 is 0 Å². The lowest BCUT2D eigenvalue weighted by atomic mass is 10.1. The first-order valence-corrected chi connectivity index (χ1v) is 7.20.